The third-order valence-corrected chi connectivity index (χ3v) is 6.22. The Bertz CT molecular complexity index is 1480. The summed E-state index contributed by atoms with van der Waals surface area (Å²) in [7, 11) is 0. The minimum absolute atomic E-state index is 0.664. The van der Waals surface area contributed by atoms with E-state index in [0.29, 0.717) is 5.71 Å². The van der Waals surface area contributed by atoms with E-state index in [-0.39, 0.29) is 0 Å². The average Bonchev–Trinajstić information content (AvgIpc) is 3.23. The van der Waals surface area contributed by atoms with Crippen LogP contribution in [-0.4, -0.2) is 10.8 Å². The van der Waals surface area contributed by atoms with Gasteiger partial charge >= 0.3 is 0 Å². The molecule has 0 N–H and O–H groups in total. The zero-order valence-corrected chi connectivity index (χ0v) is 20.0. The van der Waals surface area contributed by atoms with Crippen LogP contribution in [-0.2, 0) is 0 Å². The van der Waals surface area contributed by atoms with Gasteiger partial charge in [0.2, 0.25) is 5.71 Å². The Balaban J connectivity index is 1.74. The monoisotopic (exact) mass is 447 g/mol. The van der Waals surface area contributed by atoms with Gasteiger partial charge in [-0.15, -0.1) is 0 Å². The van der Waals surface area contributed by atoms with Crippen LogP contribution in [0.5, 0.6) is 0 Å². The Morgan fingerprint density at radius 1 is 0.882 bits per heavy atom. The number of hydrogen-bond donors (Lipinski definition) is 0. The number of para-hydroxylation sites is 2. The first-order valence-corrected chi connectivity index (χ1v) is 11.9. The molecule has 0 unspecified atom stereocenters. The number of rotatable bonds is 6. The zero-order valence-electron chi connectivity index (χ0n) is 20.0. The summed E-state index contributed by atoms with van der Waals surface area (Å²) in [5.74, 6) is 1.04. The van der Waals surface area contributed by atoms with Gasteiger partial charge in [-0.3, -0.25) is 4.90 Å². The number of benzene rings is 3. The fraction of sp³-hybridized carbons (Fsp3) is 0.200. The maximum atomic E-state index is 5.99. The molecule has 0 fully saturated rings. The second-order valence-corrected chi connectivity index (χ2v) is 8.68. The molecule has 5 aromatic rings. The molecule has 0 amide bonds. The van der Waals surface area contributed by atoms with E-state index in [1.54, 1.807) is 6.20 Å². The molecule has 2 aromatic heterocycles. The van der Waals surface area contributed by atoms with E-state index in [1.165, 1.54) is 11.1 Å². The van der Waals surface area contributed by atoms with Gasteiger partial charge in [-0.1, -0.05) is 49.7 Å². The molecule has 0 saturated heterocycles. The lowest BCUT2D eigenvalue weighted by atomic mass is 10.1. The molecule has 0 aliphatic carbocycles. The van der Waals surface area contributed by atoms with E-state index in [4.69, 9.17) is 9.41 Å². The van der Waals surface area contributed by atoms with Crippen LogP contribution >= 0.6 is 0 Å². The molecule has 2 heterocycles. The summed E-state index contributed by atoms with van der Waals surface area (Å²) in [4.78, 5) is 11.9. The molecule has 0 atom stereocenters. The second-order valence-electron chi connectivity index (χ2n) is 8.68. The third kappa shape index (κ3) is 4.19. The number of nitrogens with zero attached hydrogens (tertiary/aromatic N) is 3. The fourth-order valence-corrected chi connectivity index (χ4v) is 4.36. The quantitative estimate of drug-likeness (QED) is 0.193. The van der Waals surface area contributed by atoms with E-state index in [0.717, 1.165) is 58.5 Å². The number of furan rings is 1. The van der Waals surface area contributed by atoms with Crippen molar-refractivity contribution in [1.29, 1.82) is 0 Å². The summed E-state index contributed by atoms with van der Waals surface area (Å²) < 4.78 is 5.99. The van der Waals surface area contributed by atoms with Gasteiger partial charge in [-0.05, 0) is 73.9 Å². The number of anilines is 2. The largest absolute Gasteiger partial charge is 0.438 e. The molecule has 0 bridgehead atoms. The molecule has 170 valence electrons. The molecule has 0 saturated carbocycles. The lowest BCUT2D eigenvalue weighted by Crippen LogP contribution is -2.26. The molecule has 0 aliphatic heterocycles. The van der Waals surface area contributed by atoms with Gasteiger partial charge < -0.3 is 4.42 Å². The number of amidine groups is 1. The Kier molecular flexibility index (Phi) is 6.13. The van der Waals surface area contributed by atoms with Crippen LogP contribution in [0.1, 0.15) is 37.3 Å². The van der Waals surface area contributed by atoms with Crippen LogP contribution in [0, 0.1) is 13.8 Å². The Morgan fingerprint density at radius 3 is 2.47 bits per heavy atom. The number of hydrogen-bond acceptors (Lipinski definition) is 3. The molecular formula is C30H29N3O. The van der Waals surface area contributed by atoms with Crippen LogP contribution < -0.4 is 4.90 Å². The van der Waals surface area contributed by atoms with Gasteiger partial charge in [0.05, 0.1) is 11.4 Å². The number of fused-ring (bicyclic) bond motifs is 3. The SMILES string of the molecule is CCCC/C(=N\c1ccccc1C)N(c1ccc2oc3ncccc3c2c1)c1ccccc1C. The van der Waals surface area contributed by atoms with Crippen molar-refractivity contribution in [2.75, 3.05) is 4.90 Å². The predicted octanol–water partition coefficient (Wildman–Crippen LogP) is 8.66. The molecule has 5 rings (SSSR count). The number of unbranched alkanes of at least 4 members (excludes halogenated alkanes) is 1. The highest BCUT2D eigenvalue weighted by Gasteiger charge is 2.20. The first kappa shape index (κ1) is 21.9. The normalized spacial score (nSPS) is 11.9. The van der Waals surface area contributed by atoms with Crippen molar-refractivity contribution in [2.24, 2.45) is 4.99 Å². The first-order valence-electron chi connectivity index (χ1n) is 11.9. The summed E-state index contributed by atoms with van der Waals surface area (Å²) in [6.07, 6.45) is 4.81. The summed E-state index contributed by atoms with van der Waals surface area (Å²) in [5.41, 5.74) is 7.09. The maximum Gasteiger partial charge on any atom is 0.227 e. The molecule has 0 radical (unpaired) electrons. The number of aromatic nitrogens is 1. The minimum Gasteiger partial charge on any atom is -0.438 e. The van der Waals surface area contributed by atoms with E-state index in [9.17, 15) is 0 Å². The smallest absolute Gasteiger partial charge is 0.227 e. The lowest BCUT2D eigenvalue weighted by molar-refractivity contribution is 0.654. The maximum absolute atomic E-state index is 5.99. The van der Waals surface area contributed by atoms with Crippen molar-refractivity contribution in [3.05, 3.63) is 96.2 Å². The highest BCUT2D eigenvalue weighted by molar-refractivity contribution is 6.10. The summed E-state index contributed by atoms with van der Waals surface area (Å²) in [5, 5.41) is 2.08. The van der Waals surface area contributed by atoms with Crippen molar-refractivity contribution >= 4 is 45.0 Å². The highest BCUT2D eigenvalue weighted by Crippen LogP contribution is 2.36. The van der Waals surface area contributed by atoms with Crippen LogP contribution in [0.15, 0.2) is 94.5 Å². The molecule has 0 spiro atoms. The topological polar surface area (TPSA) is 41.6 Å². The Hall–Kier alpha value is -3.92. The summed E-state index contributed by atoms with van der Waals surface area (Å²) in [6, 6.07) is 27.2. The van der Waals surface area contributed by atoms with Crippen LogP contribution in [0.2, 0.25) is 0 Å². The molecule has 3 aromatic carbocycles. The van der Waals surface area contributed by atoms with Crippen LogP contribution in [0.25, 0.3) is 22.1 Å². The van der Waals surface area contributed by atoms with Crippen molar-refractivity contribution in [3.8, 4) is 0 Å². The summed E-state index contributed by atoms with van der Waals surface area (Å²) >= 11 is 0. The van der Waals surface area contributed by atoms with Crippen molar-refractivity contribution < 1.29 is 4.42 Å². The van der Waals surface area contributed by atoms with Gasteiger partial charge in [-0.2, -0.15) is 0 Å². The third-order valence-electron chi connectivity index (χ3n) is 6.22. The Morgan fingerprint density at radius 2 is 1.68 bits per heavy atom. The number of pyridine rings is 1. The van der Waals surface area contributed by atoms with Gasteiger partial charge in [0.1, 0.15) is 11.4 Å². The van der Waals surface area contributed by atoms with E-state index >= 15 is 0 Å². The fourth-order valence-electron chi connectivity index (χ4n) is 4.36. The minimum atomic E-state index is 0.664. The number of aliphatic imine (C=N–C) groups is 1. The predicted molar refractivity (Wildman–Crippen MR) is 143 cm³/mol. The van der Waals surface area contributed by atoms with Crippen LogP contribution in [0.3, 0.4) is 0 Å². The average molecular weight is 448 g/mol. The highest BCUT2D eigenvalue weighted by atomic mass is 16.3. The first-order chi connectivity index (χ1) is 16.7. The van der Waals surface area contributed by atoms with Crippen molar-refractivity contribution in [2.45, 2.75) is 40.0 Å². The van der Waals surface area contributed by atoms with Crippen LogP contribution in [0.4, 0.5) is 17.1 Å². The summed E-state index contributed by atoms with van der Waals surface area (Å²) in [6.45, 7) is 6.49. The second kappa shape index (κ2) is 9.52. The van der Waals surface area contributed by atoms with Gasteiger partial charge in [-0.25, -0.2) is 9.98 Å². The molecule has 4 heteroatoms. The van der Waals surface area contributed by atoms with E-state index in [1.807, 2.05) is 12.1 Å². The number of aryl methyl sites for hydroxylation is 2. The lowest BCUT2D eigenvalue weighted by Gasteiger charge is -2.28. The molecule has 34 heavy (non-hydrogen) atoms. The van der Waals surface area contributed by atoms with E-state index in [2.05, 4.69) is 97.4 Å². The molecular weight excluding hydrogens is 418 g/mol. The standard InChI is InChI=1S/C30H29N3O/c1-4-5-16-29(32-26-14-8-6-11-21(26)2)33(27-15-9-7-12-22(27)3)23-17-18-28-25(20-23)24-13-10-19-31-30(24)34-28/h6-15,17-20H,4-5,16H2,1-3H3/b32-29+. The molecule has 0 aliphatic rings. The molecule has 4 nitrogen and oxygen atoms in total. The van der Waals surface area contributed by atoms with Gasteiger partial charge in [0.25, 0.3) is 0 Å². The van der Waals surface area contributed by atoms with Crippen molar-refractivity contribution in [3.63, 3.8) is 0 Å². The van der Waals surface area contributed by atoms with Gasteiger partial charge in [0, 0.05) is 29.1 Å². The van der Waals surface area contributed by atoms with Crippen molar-refractivity contribution in [1.82, 2.24) is 4.98 Å². The Labute approximate surface area is 200 Å². The van der Waals surface area contributed by atoms with Gasteiger partial charge in [0.15, 0.2) is 0 Å². The zero-order chi connectivity index (χ0) is 23.5. The van der Waals surface area contributed by atoms with E-state index < -0.39 is 0 Å².